The van der Waals surface area contributed by atoms with Gasteiger partial charge >= 0.3 is 0 Å². The third-order valence-corrected chi connectivity index (χ3v) is 4.47. The number of pyridine rings is 1. The number of hydrogen-bond donors (Lipinski definition) is 1. The Labute approximate surface area is 177 Å². The van der Waals surface area contributed by atoms with E-state index in [2.05, 4.69) is 34.0 Å². The Kier molecular flexibility index (Phi) is 7.41. The van der Waals surface area contributed by atoms with E-state index < -0.39 is 0 Å². The summed E-state index contributed by atoms with van der Waals surface area (Å²) < 4.78 is 18.5. The molecule has 2 aromatic rings. The minimum absolute atomic E-state index is 0. The van der Waals surface area contributed by atoms with E-state index in [1.165, 1.54) is 18.6 Å². The number of guanidine groups is 1. The lowest BCUT2D eigenvalue weighted by Gasteiger charge is -2.23. The van der Waals surface area contributed by atoms with Crippen LogP contribution in [0.3, 0.4) is 0 Å². The molecule has 1 N–H and O–H groups in total. The van der Waals surface area contributed by atoms with Crippen molar-refractivity contribution in [2.45, 2.75) is 26.8 Å². The zero-order valence-corrected chi connectivity index (χ0v) is 18.2. The van der Waals surface area contributed by atoms with Crippen molar-refractivity contribution in [3.05, 3.63) is 54.0 Å². The molecule has 1 aliphatic heterocycles. The summed E-state index contributed by atoms with van der Waals surface area (Å²) in [7, 11) is 1.81. The monoisotopic (exact) mass is 484 g/mol. The van der Waals surface area contributed by atoms with E-state index in [9.17, 15) is 4.39 Å². The quantitative estimate of drug-likeness (QED) is 0.396. The number of aromatic nitrogens is 1. The van der Waals surface area contributed by atoms with Gasteiger partial charge in [0.1, 0.15) is 11.6 Å². The van der Waals surface area contributed by atoms with E-state index in [-0.39, 0.29) is 29.8 Å². The van der Waals surface area contributed by atoms with Crippen molar-refractivity contribution in [3.63, 3.8) is 0 Å². The van der Waals surface area contributed by atoms with Gasteiger partial charge in [-0.1, -0.05) is 19.9 Å². The minimum Gasteiger partial charge on any atom is -0.439 e. The summed E-state index contributed by atoms with van der Waals surface area (Å²) in [6.45, 7) is 7.24. The fourth-order valence-corrected chi connectivity index (χ4v) is 3.01. The molecule has 0 amide bonds. The van der Waals surface area contributed by atoms with Gasteiger partial charge in [-0.2, -0.15) is 0 Å². The second-order valence-electron chi connectivity index (χ2n) is 7.30. The summed E-state index contributed by atoms with van der Waals surface area (Å²) >= 11 is 0. The molecule has 1 aromatic carbocycles. The molecular weight excluding hydrogens is 458 g/mol. The van der Waals surface area contributed by atoms with Crippen LogP contribution >= 0.6 is 24.0 Å². The van der Waals surface area contributed by atoms with Crippen LogP contribution in [0.4, 0.5) is 4.39 Å². The van der Waals surface area contributed by atoms with Crippen molar-refractivity contribution >= 4 is 29.9 Å². The molecule has 0 unspecified atom stereocenters. The topological polar surface area (TPSA) is 49.8 Å². The van der Waals surface area contributed by atoms with Gasteiger partial charge in [0.25, 0.3) is 0 Å². The Hall–Kier alpha value is -1.90. The maximum atomic E-state index is 12.9. The molecule has 1 aliphatic rings. The maximum Gasteiger partial charge on any atom is 0.219 e. The van der Waals surface area contributed by atoms with E-state index in [0.717, 1.165) is 24.6 Å². The molecule has 0 atom stereocenters. The molecule has 1 aromatic heterocycles. The van der Waals surface area contributed by atoms with Crippen LogP contribution in [-0.4, -0.2) is 36.0 Å². The Morgan fingerprint density at radius 1 is 1.26 bits per heavy atom. The summed E-state index contributed by atoms with van der Waals surface area (Å²) in [4.78, 5) is 11.0. The van der Waals surface area contributed by atoms with Crippen LogP contribution < -0.4 is 10.1 Å². The normalized spacial score (nSPS) is 16.0. The lowest BCUT2D eigenvalue weighted by molar-refractivity contribution is 0.370. The van der Waals surface area contributed by atoms with Gasteiger partial charge in [0.2, 0.25) is 5.88 Å². The first-order valence-corrected chi connectivity index (χ1v) is 8.79. The van der Waals surface area contributed by atoms with E-state index >= 15 is 0 Å². The van der Waals surface area contributed by atoms with Crippen molar-refractivity contribution in [3.8, 4) is 11.6 Å². The number of halogens is 2. The van der Waals surface area contributed by atoms with Crippen LogP contribution in [0.25, 0.3) is 0 Å². The van der Waals surface area contributed by atoms with Crippen molar-refractivity contribution in [1.82, 2.24) is 15.2 Å². The fraction of sp³-hybridized carbons (Fsp3) is 0.400. The van der Waals surface area contributed by atoms with E-state index in [1.807, 2.05) is 19.2 Å². The maximum absolute atomic E-state index is 12.9. The molecule has 0 spiro atoms. The van der Waals surface area contributed by atoms with Crippen LogP contribution in [0.1, 0.15) is 25.8 Å². The van der Waals surface area contributed by atoms with Crippen molar-refractivity contribution < 1.29 is 9.13 Å². The highest BCUT2D eigenvalue weighted by Crippen LogP contribution is 2.28. The summed E-state index contributed by atoms with van der Waals surface area (Å²) in [6.07, 6.45) is 2.94. The van der Waals surface area contributed by atoms with Gasteiger partial charge in [-0.05, 0) is 41.7 Å². The highest BCUT2D eigenvalue weighted by Gasteiger charge is 2.30. The summed E-state index contributed by atoms with van der Waals surface area (Å²) in [5.74, 6) is 1.66. The van der Waals surface area contributed by atoms with E-state index in [4.69, 9.17) is 4.74 Å². The van der Waals surface area contributed by atoms with E-state index in [0.29, 0.717) is 23.6 Å². The molecule has 0 saturated carbocycles. The second kappa shape index (κ2) is 9.34. The van der Waals surface area contributed by atoms with Crippen LogP contribution in [-0.2, 0) is 6.54 Å². The Bertz CT molecular complexity index is 763. The molecule has 5 nitrogen and oxygen atoms in total. The third kappa shape index (κ3) is 6.05. The number of nitrogens with one attached hydrogen (secondary N) is 1. The minimum atomic E-state index is -0.290. The van der Waals surface area contributed by atoms with Crippen LogP contribution in [0.5, 0.6) is 11.6 Å². The number of rotatable bonds is 4. The number of likely N-dealkylation sites (tertiary alicyclic amines) is 1. The lowest BCUT2D eigenvalue weighted by atomic mass is 9.93. The SMILES string of the molecule is CN=C(NCc1ccc(Oc2ccc(F)cc2)nc1)N1CCC(C)(C)C1.I. The summed E-state index contributed by atoms with van der Waals surface area (Å²) in [6, 6.07) is 9.64. The average Bonchev–Trinajstić information content (AvgIpc) is 2.99. The van der Waals surface area contributed by atoms with Crippen LogP contribution in [0.2, 0.25) is 0 Å². The summed E-state index contributed by atoms with van der Waals surface area (Å²) in [5, 5.41) is 3.39. The molecule has 0 bridgehead atoms. The standard InChI is InChI=1S/C20H25FN4O.HI/c1-20(2)10-11-25(14-20)19(22-3)24-13-15-4-9-18(23-12-15)26-17-7-5-16(21)6-8-17;/h4-9,12H,10-11,13-14H2,1-3H3,(H,22,24);1H. The van der Waals surface area contributed by atoms with Crippen LogP contribution in [0, 0.1) is 11.2 Å². The van der Waals surface area contributed by atoms with Crippen LogP contribution in [0.15, 0.2) is 47.6 Å². The highest BCUT2D eigenvalue weighted by molar-refractivity contribution is 14.0. The number of ether oxygens (including phenoxy) is 1. The number of benzene rings is 1. The molecule has 0 aliphatic carbocycles. The first kappa shape index (κ1) is 21.4. The Morgan fingerprint density at radius 3 is 2.56 bits per heavy atom. The molecule has 0 radical (unpaired) electrons. The van der Waals surface area contributed by atoms with Gasteiger partial charge in [0.15, 0.2) is 5.96 Å². The predicted molar refractivity (Wildman–Crippen MR) is 116 cm³/mol. The second-order valence-corrected chi connectivity index (χ2v) is 7.30. The largest absolute Gasteiger partial charge is 0.439 e. The van der Waals surface area contributed by atoms with Crippen molar-refractivity contribution in [2.75, 3.05) is 20.1 Å². The number of nitrogens with zero attached hydrogens (tertiary/aromatic N) is 3. The van der Waals surface area contributed by atoms with Gasteiger partial charge in [-0.3, -0.25) is 4.99 Å². The zero-order valence-electron chi connectivity index (χ0n) is 15.9. The molecule has 2 heterocycles. The molecule has 3 rings (SSSR count). The van der Waals surface area contributed by atoms with Gasteiger partial charge in [-0.15, -0.1) is 24.0 Å². The molecule has 1 fully saturated rings. The number of aliphatic imine (C=N–C) groups is 1. The lowest BCUT2D eigenvalue weighted by Crippen LogP contribution is -2.40. The molecular formula is C20H26FIN4O. The first-order valence-electron chi connectivity index (χ1n) is 8.79. The Balaban J connectivity index is 0.00000261. The van der Waals surface area contributed by atoms with Gasteiger partial charge in [-0.25, -0.2) is 9.37 Å². The van der Waals surface area contributed by atoms with Crippen molar-refractivity contribution in [2.24, 2.45) is 10.4 Å². The van der Waals surface area contributed by atoms with Gasteiger partial charge < -0.3 is 15.0 Å². The predicted octanol–water partition coefficient (Wildman–Crippen LogP) is 4.44. The van der Waals surface area contributed by atoms with Crippen molar-refractivity contribution in [1.29, 1.82) is 0 Å². The first-order chi connectivity index (χ1) is 12.4. The third-order valence-electron chi connectivity index (χ3n) is 4.47. The molecule has 146 valence electrons. The van der Waals surface area contributed by atoms with Gasteiger partial charge in [0, 0.05) is 38.9 Å². The molecule has 7 heteroatoms. The fourth-order valence-electron chi connectivity index (χ4n) is 3.01. The Morgan fingerprint density at radius 2 is 2.00 bits per heavy atom. The molecule has 1 saturated heterocycles. The average molecular weight is 484 g/mol. The smallest absolute Gasteiger partial charge is 0.219 e. The number of hydrogen-bond acceptors (Lipinski definition) is 3. The highest BCUT2D eigenvalue weighted by atomic mass is 127. The van der Waals surface area contributed by atoms with E-state index in [1.54, 1.807) is 18.3 Å². The summed E-state index contributed by atoms with van der Waals surface area (Å²) in [5.41, 5.74) is 1.37. The van der Waals surface area contributed by atoms with Gasteiger partial charge in [0.05, 0.1) is 0 Å². The molecule has 27 heavy (non-hydrogen) atoms. The zero-order chi connectivity index (χ0) is 18.6.